The third-order valence-electron chi connectivity index (χ3n) is 4.15. The van der Waals surface area contributed by atoms with Crippen LogP contribution in [0.1, 0.15) is 37.9 Å². The smallest absolute Gasteiger partial charge is 0.230 e. The van der Waals surface area contributed by atoms with E-state index in [-0.39, 0.29) is 5.91 Å². The largest absolute Gasteiger partial charge is 0.355 e. The number of tetrazole rings is 1. The summed E-state index contributed by atoms with van der Waals surface area (Å²) >= 11 is 1.52. The van der Waals surface area contributed by atoms with Gasteiger partial charge in [0.15, 0.2) is 5.82 Å². The van der Waals surface area contributed by atoms with Crippen molar-refractivity contribution in [3.63, 3.8) is 0 Å². The molecule has 1 heterocycles. The van der Waals surface area contributed by atoms with Crippen LogP contribution in [-0.2, 0) is 10.5 Å². The van der Waals surface area contributed by atoms with Crippen molar-refractivity contribution in [2.24, 2.45) is 0 Å². The van der Waals surface area contributed by atoms with Crippen molar-refractivity contribution in [2.45, 2.75) is 37.9 Å². The van der Waals surface area contributed by atoms with Gasteiger partial charge in [-0.25, -0.2) is 0 Å². The van der Waals surface area contributed by atoms with Crippen LogP contribution in [0.3, 0.4) is 0 Å². The Labute approximate surface area is 152 Å². The molecule has 0 atom stereocenters. The lowest BCUT2D eigenvalue weighted by Crippen LogP contribution is -2.26. The number of carbonyl (C=O) groups is 1. The molecule has 0 fully saturated rings. The van der Waals surface area contributed by atoms with Gasteiger partial charge >= 0.3 is 0 Å². The average Bonchev–Trinajstić information content (AvgIpc) is 3.12. The van der Waals surface area contributed by atoms with Gasteiger partial charge in [0.05, 0.1) is 17.2 Å². The molecule has 0 spiro atoms. The molecule has 1 aromatic heterocycles. The fourth-order valence-electron chi connectivity index (χ4n) is 2.85. The lowest BCUT2D eigenvalue weighted by atomic mass is 9.97. The van der Waals surface area contributed by atoms with Crippen LogP contribution in [0.25, 0.3) is 5.69 Å². The topological polar surface area (TPSA) is 72.7 Å². The highest BCUT2D eigenvalue weighted by molar-refractivity contribution is 7.99. The van der Waals surface area contributed by atoms with Gasteiger partial charge in [-0.15, -0.1) is 16.9 Å². The minimum atomic E-state index is 0.0696. The van der Waals surface area contributed by atoms with E-state index in [4.69, 9.17) is 0 Å². The maximum Gasteiger partial charge on any atom is 0.230 e. The predicted molar refractivity (Wildman–Crippen MR) is 99.5 cm³/mol. The van der Waals surface area contributed by atoms with E-state index >= 15 is 0 Å². The number of benzene rings is 1. The van der Waals surface area contributed by atoms with Crippen LogP contribution in [0.5, 0.6) is 0 Å². The minimum absolute atomic E-state index is 0.0696. The van der Waals surface area contributed by atoms with Crippen LogP contribution in [0.4, 0.5) is 0 Å². The standard InChI is InChI=1S/C18H23N5OS/c24-18(19-12-11-15-7-3-1-4-8-15)14-25-13-17-20-21-22-23(17)16-9-5-2-6-10-16/h2,5-7,9-10H,1,3-4,8,11-14H2,(H,19,24). The van der Waals surface area contributed by atoms with Crippen LogP contribution >= 0.6 is 11.8 Å². The fourth-order valence-corrected chi connectivity index (χ4v) is 3.60. The molecule has 7 heteroatoms. The molecular weight excluding hydrogens is 334 g/mol. The van der Waals surface area contributed by atoms with Crippen molar-refractivity contribution in [3.05, 3.63) is 47.8 Å². The van der Waals surface area contributed by atoms with Crippen molar-refractivity contribution >= 4 is 17.7 Å². The van der Waals surface area contributed by atoms with Crippen molar-refractivity contribution in [1.82, 2.24) is 25.5 Å². The Morgan fingerprint density at radius 2 is 2.12 bits per heavy atom. The summed E-state index contributed by atoms with van der Waals surface area (Å²) in [5.41, 5.74) is 2.41. The molecule has 1 amide bonds. The van der Waals surface area contributed by atoms with Crippen molar-refractivity contribution in [3.8, 4) is 5.69 Å². The van der Waals surface area contributed by atoms with Gasteiger partial charge in [0.1, 0.15) is 0 Å². The highest BCUT2D eigenvalue weighted by atomic mass is 32.2. The van der Waals surface area contributed by atoms with E-state index in [1.54, 1.807) is 4.68 Å². The summed E-state index contributed by atoms with van der Waals surface area (Å²) < 4.78 is 1.71. The van der Waals surface area contributed by atoms with E-state index in [1.165, 1.54) is 43.0 Å². The first kappa shape index (κ1) is 17.7. The van der Waals surface area contributed by atoms with Gasteiger partial charge in [-0.1, -0.05) is 29.8 Å². The lowest BCUT2D eigenvalue weighted by Gasteiger charge is -2.12. The number of nitrogens with zero attached hydrogens (tertiary/aromatic N) is 4. The van der Waals surface area contributed by atoms with E-state index < -0.39 is 0 Å². The number of aromatic nitrogens is 4. The lowest BCUT2D eigenvalue weighted by molar-refractivity contribution is -0.118. The number of thioether (sulfide) groups is 1. The van der Waals surface area contributed by atoms with E-state index in [0.717, 1.165) is 24.5 Å². The van der Waals surface area contributed by atoms with Crippen LogP contribution in [-0.4, -0.2) is 38.4 Å². The summed E-state index contributed by atoms with van der Waals surface area (Å²) in [5, 5.41) is 14.8. The van der Waals surface area contributed by atoms with Gasteiger partial charge in [-0.2, -0.15) is 4.68 Å². The van der Waals surface area contributed by atoms with Crippen molar-refractivity contribution in [1.29, 1.82) is 0 Å². The van der Waals surface area contributed by atoms with Crippen LogP contribution in [0.15, 0.2) is 42.0 Å². The summed E-state index contributed by atoms with van der Waals surface area (Å²) in [6.45, 7) is 0.729. The molecule has 0 radical (unpaired) electrons. The van der Waals surface area contributed by atoms with Crippen LogP contribution in [0, 0.1) is 0 Å². The summed E-state index contributed by atoms with van der Waals surface area (Å²) in [4.78, 5) is 12.0. The average molecular weight is 357 g/mol. The normalized spacial score (nSPS) is 14.2. The summed E-state index contributed by atoms with van der Waals surface area (Å²) in [6.07, 6.45) is 8.26. The fraction of sp³-hybridized carbons (Fsp3) is 0.444. The number of rotatable bonds is 8. The van der Waals surface area contributed by atoms with Gasteiger partial charge < -0.3 is 5.32 Å². The molecule has 3 rings (SSSR count). The molecule has 132 valence electrons. The zero-order chi connectivity index (χ0) is 17.3. The zero-order valence-electron chi connectivity index (χ0n) is 14.2. The quantitative estimate of drug-likeness (QED) is 0.736. The molecule has 0 unspecified atom stereocenters. The molecule has 2 aromatic rings. The van der Waals surface area contributed by atoms with Gasteiger partial charge in [0, 0.05) is 6.54 Å². The third kappa shape index (κ3) is 5.42. The Morgan fingerprint density at radius 3 is 2.92 bits per heavy atom. The summed E-state index contributed by atoms with van der Waals surface area (Å²) in [6, 6.07) is 9.76. The Hall–Kier alpha value is -2.15. The molecule has 1 aliphatic rings. The van der Waals surface area contributed by atoms with E-state index in [1.807, 2.05) is 30.3 Å². The second kappa shape index (κ2) is 9.36. The van der Waals surface area contributed by atoms with Crippen LogP contribution < -0.4 is 5.32 Å². The van der Waals surface area contributed by atoms with Crippen molar-refractivity contribution in [2.75, 3.05) is 12.3 Å². The molecule has 6 nitrogen and oxygen atoms in total. The second-order valence-corrected chi connectivity index (χ2v) is 7.03. The number of nitrogens with one attached hydrogen (secondary N) is 1. The number of allylic oxidation sites excluding steroid dienone is 1. The van der Waals surface area contributed by atoms with Gasteiger partial charge in [-0.05, 0) is 54.7 Å². The Morgan fingerprint density at radius 1 is 1.24 bits per heavy atom. The Balaban J connectivity index is 1.39. The Kier molecular flexibility index (Phi) is 6.62. The molecule has 1 N–H and O–H groups in total. The molecule has 1 aromatic carbocycles. The predicted octanol–water partition coefficient (Wildman–Crippen LogP) is 2.90. The maximum absolute atomic E-state index is 12.0. The molecule has 0 bridgehead atoms. The number of hydrogen-bond acceptors (Lipinski definition) is 5. The van der Waals surface area contributed by atoms with Gasteiger partial charge in [0.25, 0.3) is 0 Å². The van der Waals surface area contributed by atoms with Gasteiger partial charge in [-0.3, -0.25) is 4.79 Å². The molecule has 0 saturated heterocycles. The molecular formula is C18H23N5OS. The molecule has 1 aliphatic carbocycles. The second-order valence-electron chi connectivity index (χ2n) is 6.04. The first-order valence-electron chi connectivity index (χ1n) is 8.68. The first-order valence-corrected chi connectivity index (χ1v) is 9.83. The third-order valence-corrected chi connectivity index (χ3v) is 5.08. The van der Waals surface area contributed by atoms with Gasteiger partial charge in [0.2, 0.25) is 5.91 Å². The van der Waals surface area contributed by atoms with E-state index in [2.05, 4.69) is 26.9 Å². The van der Waals surface area contributed by atoms with Crippen LogP contribution in [0.2, 0.25) is 0 Å². The maximum atomic E-state index is 12.0. The highest BCUT2D eigenvalue weighted by Crippen LogP contribution is 2.19. The Bertz CT molecular complexity index is 713. The number of carbonyl (C=O) groups excluding carboxylic acids is 1. The summed E-state index contributed by atoms with van der Waals surface area (Å²) in [7, 11) is 0. The SMILES string of the molecule is O=C(CSCc1nnnn1-c1ccccc1)NCCC1=CCCCC1. The first-order chi connectivity index (χ1) is 12.3. The van der Waals surface area contributed by atoms with Crippen molar-refractivity contribution < 1.29 is 4.79 Å². The summed E-state index contributed by atoms with van der Waals surface area (Å²) in [5.74, 6) is 1.83. The minimum Gasteiger partial charge on any atom is -0.355 e. The number of para-hydroxylation sites is 1. The molecule has 25 heavy (non-hydrogen) atoms. The number of amides is 1. The zero-order valence-corrected chi connectivity index (χ0v) is 15.0. The number of hydrogen-bond donors (Lipinski definition) is 1. The monoisotopic (exact) mass is 357 g/mol. The molecule has 0 saturated carbocycles. The molecule has 0 aliphatic heterocycles. The highest BCUT2D eigenvalue weighted by Gasteiger charge is 2.10. The van der Waals surface area contributed by atoms with E-state index in [0.29, 0.717) is 11.5 Å². The van der Waals surface area contributed by atoms with E-state index in [9.17, 15) is 4.79 Å².